The summed E-state index contributed by atoms with van der Waals surface area (Å²) in [6.45, 7) is 2.70. The molecule has 1 aliphatic rings. The van der Waals surface area contributed by atoms with Crippen LogP contribution >= 0.6 is 0 Å². The maximum Gasteiger partial charge on any atom is 0.236 e. The fourth-order valence-corrected chi connectivity index (χ4v) is 2.17. The molecule has 1 heterocycles. The van der Waals surface area contributed by atoms with Gasteiger partial charge in [0.25, 0.3) is 0 Å². The van der Waals surface area contributed by atoms with Gasteiger partial charge in [0.2, 0.25) is 5.70 Å². The molecule has 0 fully saturated rings. The topological polar surface area (TPSA) is 20.1 Å². The van der Waals surface area contributed by atoms with Gasteiger partial charge in [0.05, 0.1) is 0 Å². The average molecular weight is 202 g/mol. The van der Waals surface area contributed by atoms with Crippen LogP contribution in [0.3, 0.4) is 0 Å². The van der Waals surface area contributed by atoms with Crippen molar-refractivity contribution in [3.8, 4) is 0 Å². The van der Waals surface area contributed by atoms with Gasteiger partial charge in [0, 0.05) is 28.1 Å². The second-order valence-electron chi connectivity index (χ2n) is 3.85. The number of rotatable bonds is 2. The molecule has 78 valence electrons. The van der Waals surface area contributed by atoms with Gasteiger partial charge in [-0.25, -0.2) is 0 Å². The van der Waals surface area contributed by atoms with Gasteiger partial charge in [0.1, 0.15) is 0 Å². The van der Waals surface area contributed by atoms with Crippen molar-refractivity contribution < 1.29 is 4.76 Å². The molecular formula is C13H16NO+. The minimum atomic E-state index is 0.652. The largest absolute Gasteiger partial charge is 0.236 e. The summed E-state index contributed by atoms with van der Waals surface area (Å²) in [5.74, 6) is 0. The second kappa shape index (κ2) is 4.39. The zero-order valence-corrected chi connectivity index (χ0v) is 9.07. The molecule has 0 atom stereocenters. The summed E-state index contributed by atoms with van der Waals surface area (Å²) in [7, 11) is 0. The van der Waals surface area contributed by atoms with Crippen LogP contribution < -0.4 is 0 Å². The zero-order valence-electron chi connectivity index (χ0n) is 9.07. The first-order valence-corrected chi connectivity index (χ1v) is 5.55. The third kappa shape index (κ3) is 1.99. The van der Waals surface area contributed by atoms with Crippen LogP contribution in [-0.2, 0) is 0 Å². The third-order valence-electron chi connectivity index (χ3n) is 2.89. The first kappa shape index (κ1) is 10.1. The molecule has 2 heteroatoms. The number of hydrogen-bond acceptors (Lipinski definition) is 1. The molecule has 0 aromatic heterocycles. The van der Waals surface area contributed by atoms with E-state index in [4.69, 9.17) is 0 Å². The van der Waals surface area contributed by atoms with Crippen LogP contribution in [0.4, 0.5) is 0 Å². The molecule has 1 aromatic carbocycles. The standard InChI is InChI=1S/C13H16NO/c1-2-13-12(9-6-10-14(13)15)11-7-4-3-5-8-11/h3-5,7-8H,2,6,9-10H2,1H3/q+1. The Morgan fingerprint density at radius 2 is 2.00 bits per heavy atom. The van der Waals surface area contributed by atoms with Crippen molar-refractivity contribution in [1.29, 1.82) is 0 Å². The van der Waals surface area contributed by atoms with Crippen molar-refractivity contribution >= 4 is 5.57 Å². The van der Waals surface area contributed by atoms with E-state index in [-0.39, 0.29) is 0 Å². The zero-order chi connectivity index (χ0) is 10.7. The number of nitroso groups, excluding NO2 is 1. The Labute approximate surface area is 90.2 Å². The molecule has 2 nitrogen and oxygen atoms in total. The number of benzene rings is 1. The molecule has 0 amide bonds. The third-order valence-corrected chi connectivity index (χ3v) is 2.89. The van der Waals surface area contributed by atoms with E-state index in [1.54, 1.807) is 0 Å². The maximum atomic E-state index is 11.7. The Morgan fingerprint density at radius 1 is 1.27 bits per heavy atom. The van der Waals surface area contributed by atoms with E-state index < -0.39 is 0 Å². The van der Waals surface area contributed by atoms with Gasteiger partial charge in [-0.1, -0.05) is 37.3 Å². The number of nitrogens with zero attached hydrogens (tertiary/aromatic N) is 1. The van der Waals surface area contributed by atoms with Crippen molar-refractivity contribution in [1.82, 2.24) is 0 Å². The molecule has 1 aromatic rings. The summed E-state index contributed by atoms with van der Waals surface area (Å²) in [5.41, 5.74) is 3.40. The van der Waals surface area contributed by atoms with Crippen LogP contribution in [0.5, 0.6) is 0 Å². The van der Waals surface area contributed by atoms with E-state index in [2.05, 4.69) is 19.1 Å². The summed E-state index contributed by atoms with van der Waals surface area (Å²) in [4.78, 5) is 11.7. The van der Waals surface area contributed by atoms with Crippen molar-refractivity contribution in [2.24, 2.45) is 0 Å². The summed E-state index contributed by atoms with van der Waals surface area (Å²) in [6.07, 6.45) is 2.83. The minimum Gasteiger partial charge on any atom is -0.0622 e. The highest BCUT2D eigenvalue weighted by Gasteiger charge is 2.26. The van der Waals surface area contributed by atoms with E-state index in [1.807, 2.05) is 18.2 Å². The van der Waals surface area contributed by atoms with Crippen molar-refractivity contribution in [3.63, 3.8) is 0 Å². The highest BCUT2D eigenvalue weighted by molar-refractivity contribution is 5.67. The van der Waals surface area contributed by atoms with Gasteiger partial charge >= 0.3 is 0 Å². The smallest absolute Gasteiger partial charge is 0.0622 e. The van der Waals surface area contributed by atoms with Crippen LogP contribution in [-0.4, -0.2) is 11.3 Å². The summed E-state index contributed by atoms with van der Waals surface area (Å²) < 4.78 is 1.16. The van der Waals surface area contributed by atoms with Crippen LogP contribution in [0.15, 0.2) is 36.0 Å². The lowest BCUT2D eigenvalue weighted by molar-refractivity contribution is -0.504. The predicted molar refractivity (Wildman–Crippen MR) is 61.4 cm³/mol. The number of hydrogen-bond donors (Lipinski definition) is 0. The van der Waals surface area contributed by atoms with Gasteiger partial charge in [-0.2, -0.15) is 0 Å². The lowest BCUT2D eigenvalue weighted by Gasteiger charge is -2.12. The van der Waals surface area contributed by atoms with Gasteiger partial charge in [-0.3, -0.25) is 0 Å². The van der Waals surface area contributed by atoms with Gasteiger partial charge < -0.3 is 0 Å². The molecule has 0 bridgehead atoms. The highest BCUT2D eigenvalue weighted by Crippen LogP contribution is 2.29. The summed E-state index contributed by atoms with van der Waals surface area (Å²) in [6, 6.07) is 10.2. The quantitative estimate of drug-likeness (QED) is 0.673. The average Bonchev–Trinajstić information content (AvgIpc) is 2.30. The Hall–Kier alpha value is -1.44. The van der Waals surface area contributed by atoms with Crippen LogP contribution in [0.2, 0.25) is 0 Å². The molecule has 0 radical (unpaired) electrons. The lowest BCUT2D eigenvalue weighted by atomic mass is 9.95. The molecule has 0 unspecified atom stereocenters. The molecule has 2 rings (SSSR count). The Balaban J connectivity index is 2.45. The van der Waals surface area contributed by atoms with Gasteiger partial charge in [0.15, 0.2) is 6.54 Å². The Morgan fingerprint density at radius 3 is 2.67 bits per heavy atom. The molecule has 1 aliphatic heterocycles. The molecule has 0 saturated carbocycles. The second-order valence-corrected chi connectivity index (χ2v) is 3.85. The number of allylic oxidation sites excluding steroid dienone is 2. The van der Waals surface area contributed by atoms with Crippen LogP contribution in [0.25, 0.3) is 5.57 Å². The molecule has 0 spiro atoms. The van der Waals surface area contributed by atoms with Crippen LogP contribution in [0, 0.1) is 4.91 Å². The normalized spacial score (nSPS) is 17.0. The summed E-state index contributed by atoms with van der Waals surface area (Å²) in [5, 5.41) is 0. The van der Waals surface area contributed by atoms with Crippen molar-refractivity contribution in [3.05, 3.63) is 46.5 Å². The van der Waals surface area contributed by atoms with E-state index in [9.17, 15) is 4.91 Å². The lowest BCUT2D eigenvalue weighted by Crippen LogP contribution is -2.16. The van der Waals surface area contributed by atoms with Gasteiger partial charge in [-0.05, 0) is 12.0 Å². The molecule has 0 saturated heterocycles. The van der Waals surface area contributed by atoms with E-state index in [1.165, 1.54) is 11.1 Å². The molecule has 0 aliphatic carbocycles. The first-order valence-electron chi connectivity index (χ1n) is 5.55. The van der Waals surface area contributed by atoms with E-state index in [0.29, 0.717) is 6.54 Å². The van der Waals surface area contributed by atoms with E-state index >= 15 is 0 Å². The molecule has 0 N–H and O–H groups in total. The monoisotopic (exact) mass is 202 g/mol. The predicted octanol–water partition coefficient (Wildman–Crippen LogP) is 3.38. The van der Waals surface area contributed by atoms with Crippen molar-refractivity contribution in [2.75, 3.05) is 6.54 Å². The molecular weight excluding hydrogens is 186 g/mol. The Bertz CT molecular complexity index is 392. The molecule has 15 heavy (non-hydrogen) atoms. The maximum absolute atomic E-state index is 11.7. The van der Waals surface area contributed by atoms with Gasteiger partial charge in [-0.15, -0.1) is 0 Å². The SMILES string of the molecule is CCC1=C(c2ccccc2)CCC[N+]1=O. The first-order chi connectivity index (χ1) is 7.33. The summed E-state index contributed by atoms with van der Waals surface area (Å²) >= 11 is 0. The highest BCUT2D eigenvalue weighted by atomic mass is 16.3. The minimum absolute atomic E-state index is 0.652. The van der Waals surface area contributed by atoms with Crippen molar-refractivity contribution in [2.45, 2.75) is 26.2 Å². The Kier molecular flexibility index (Phi) is 2.95. The van der Waals surface area contributed by atoms with Crippen LogP contribution in [0.1, 0.15) is 31.7 Å². The fourth-order valence-electron chi connectivity index (χ4n) is 2.17. The van der Waals surface area contributed by atoms with E-state index in [0.717, 1.165) is 29.7 Å². The fraction of sp³-hybridized carbons (Fsp3) is 0.385.